The SMILES string of the molecule is OC(c1c(Cl)ccc(F)c1F)C1CCNCC1. The first kappa shape index (κ1) is 12.7. The highest BCUT2D eigenvalue weighted by Crippen LogP contribution is 2.35. The highest BCUT2D eigenvalue weighted by molar-refractivity contribution is 6.31. The molecule has 0 radical (unpaired) electrons. The van der Waals surface area contributed by atoms with Gasteiger partial charge in [0.1, 0.15) is 0 Å². The van der Waals surface area contributed by atoms with E-state index in [4.69, 9.17) is 11.6 Å². The van der Waals surface area contributed by atoms with Crippen LogP contribution >= 0.6 is 11.6 Å². The fraction of sp³-hybridized carbons (Fsp3) is 0.500. The molecule has 0 bridgehead atoms. The monoisotopic (exact) mass is 261 g/mol. The predicted molar refractivity (Wildman–Crippen MR) is 61.9 cm³/mol. The minimum Gasteiger partial charge on any atom is -0.388 e. The molecular weight excluding hydrogens is 248 g/mol. The lowest BCUT2D eigenvalue weighted by molar-refractivity contribution is 0.0850. The molecule has 5 heteroatoms. The molecule has 0 saturated carbocycles. The molecule has 2 rings (SSSR count). The van der Waals surface area contributed by atoms with Gasteiger partial charge < -0.3 is 10.4 Å². The third-order valence-corrected chi connectivity index (χ3v) is 3.54. The molecule has 0 aromatic heterocycles. The zero-order chi connectivity index (χ0) is 12.4. The third-order valence-electron chi connectivity index (χ3n) is 3.21. The van der Waals surface area contributed by atoms with Crippen molar-refractivity contribution in [2.45, 2.75) is 18.9 Å². The second-order valence-electron chi connectivity index (χ2n) is 4.29. The molecule has 1 aliphatic heterocycles. The van der Waals surface area contributed by atoms with Crippen molar-refractivity contribution in [3.8, 4) is 0 Å². The summed E-state index contributed by atoms with van der Waals surface area (Å²) in [6.45, 7) is 1.55. The third kappa shape index (κ3) is 2.59. The lowest BCUT2D eigenvalue weighted by atomic mass is 9.88. The van der Waals surface area contributed by atoms with Crippen LogP contribution in [0.25, 0.3) is 0 Å². The number of halogens is 3. The fourth-order valence-electron chi connectivity index (χ4n) is 2.21. The van der Waals surface area contributed by atoms with Crippen LogP contribution in [-0.4, -0.2) is 18.2 Å². The van der Waals surface area contributed by atoms with Crippen LogP contribution in [0.5, 0.6) is 0 Å². The van der Waals surface area contributed by atoms with Crippen LogP contribution in [0.15, 0.2) is 12.1 Å². The van der Waals surface area contributed by atoms with Gasteiger partial charge in [-0.3, -0.25) is 0 Å². The molecule has 0 spiro atoms. The van der Waals surface area contributed by atoms with Crippen molar-refractivity contribution in [2.75, 3.05) is 13.1 Å². The summed E-state index contributed by atoms with van der Waals surface area (Å²) in [6, 6.07) is 2.25. The van der Waals surface area contributed by atoms with Crippen LogP contribution in [0, 0.1) is 17.6 Å². The van der Waals surface area contributed by atoms with E-state index in [2.05, 4.69) is 5.32 Å². The van der Waals surface area contributed by atoms with Crippen LogP contribution in [0.3, 0.4) is 0 Å². The lowest BCUT2D eigenvalue weighted by Crippen LogP contribution is -2.31. The molecule has 1 fully saturated rings. The van der Waals surface area contributed by atoms with Gasteiger partial charge in [-0.15, -0.1) is 0 Å². The number of aliphatic hydroxyl groups is 1. The van der Waals surface area contributed by atoms with Gasteiger partial charge in [0.25, 0.3) is 0 Å². The standard InChI is InChI=1S/C12H14ClF2NO/c13-8-1-2-9(14)11(15)10(8)12(17)7-3-5-16-6-4-7/h1-2,7,12,16-17H,3-6H2. The van der Waals surface area contributed by atoms with E-state index in [1.807, 2.05) is 0 Å². The molecule has 1 aromatic rings. The van der Waals surface area contributed by atoms with E-state index < -0.39 is 17.7 Å². The van der Waals surface area contributed by atoms with E-state index in [9.17, 15) is 13.9 Å². The van der Waals surface area contributed by atoms with Gasteiger partial charge in [-0.2, -0.15) is 0 Å². The molecular formula is C12H14ClF2NO. The van der Waals surface area contributed by atoms with Crippen molar-refractivity contribution in [3.05, 3.63) is 34.4 Å². The Hall–Kier alpha value is -0.710. The first-order chi connectivity index (χ1) is 8.11. The molecule has 0 amide bonds. The zero-order valence-corrected chi connectivity index (χ0v) is 9.97. The average molecular weight is 262 g/mol. The largest absolute Gasteiger partial charge is 0.388 e. The summed E-state index contributed by atoms with van der Waals surface area (Å²) in [5.41, 5.74) is -0.112. The quantitative estimate of drug-likeness (QED) is 0.803. The summed E-state index contributed by atoms with van der Waals surface area (Å²) in [5.74, 6) is -2.09. The van der Waals surface area contributed by atoms with Gasteiger partial charge in [-0.05, 0) is 44.0 Å². The van der Waals surface area contributed by atoms with Crippen molar-refractivity contribution in [2.24, 2.45) is 5.92 Å². The van der Waals surface area contributed by atoms with E-state index in [-0.39, 0.29) is 16.5 Å². The summed E-state index contributed by atoms with van der Waals surface area (Å²) in [4.78, 5) is 0. The van der Waals surface area contributed by atoms with Crippen LogP contribution < -0.4 is 5.32 Å². The van der Waals surface area contributed by atoms with E-state index in [0.29, 0.717) is 0 Å². The van der Waals surface area contributed by atoms with E-state index in [0.717, 1.165) is 32.0 Å². The summed E-state index contributed by atoms with van der Waals surface area (Å²) < 4.78 is 26.8. The van der Waals surface area contributed by atoms with Gasteiger partial charge in [-0.25, -0.2) is 8.78 Å². The van der Waals surface area contributed by atoms with Crippen molar-refractivity contribution < 1.29 is 13.9 Å². The van der Waals surface area contributed by atoms with E-state index in [1.54, 1.807) is 0 Å². The Morgan fingerprint density at radius 1 is 1.29 bits per heavy atom. The van der Waals surface area contributed by atoms with E-state index in [1.165, 1.54) is 6.07 Å². The molecule has 1 heterocycles. The second-order valence-corrected chi connectivity index (χ2v) is 4.70. The van der Waals surface area contributed by atoms with Gasteiger partial charge in [-0.1, -0.05) is 11.6 Å². The Morgan fingerprint density at radius 3 is 2.59 bits per heavy atom. The first-order valence-corrected chi connectivity index (χ1v) is 6.01. The molecule has 1 aliphatic rings. The van der Waals surface area contributed by atoms with Crippen molar-refractivity contribution >= 4 is 11.6 Å². The molecule has 2 N–H and O–H groups in total. The Labute approximate surface area is 104 Å². The Bertz CT molecular complexity index is 408. The highest BCUT2D eigenvalue weighted by Gasteiger charge is 2.28. The van der Waals surface area contributed by atoms with Crippen LogP contribution in [0.2, 0.25) is 5.02 Å². The van der Waals surface area contributed by atoms with Gasteiger partial charge in [0.05, 0.1) is 6.10 Å². The number of hydrogen-bond acceptors (Lipinski definition) is 2. The Morgan fingerprint density at radius 2 is 1.94 bits per heavy atom. The maximum Gasteiger partial charge on any atom is 0.166 e. The smallest absolute Gasteiger partial charge is 0.166 e. The van der Waals surface area contributed by atoms with Crippen LogP contribution in [0.4, 0.5) is 8.78 Å². The molecule has 94 valence electrons. The van der Waals surface area contributed by atoms with Crippen molar-refractivity contribution in [3.63, 3.8) is 0 Å². The summed E-state index contributed by atoms with van der Waals surface area (Å²) in [6.07, 6.45) is 0.418. The van der Waals surface area contributed by atoms with E-state index >= 15 is 0 Å². The molecule has 2 nitrogen and oxygen atoms in total. The first-order valence-electron chi connectivity index (χ1n) is 5.63. The minimum absolute atomic E-state index is 0.0786. The lowest BCUT2D eigenvalue weighted by Gasteiger charge is -2.28. The Balaban J connectivity index is 2.29. The van der Waals surface area contributed by atoms with Crippen molar-refractivity contribution in [1.82, 2.24) is 5.32 Å². The maximum atomic E-state index is 13.6. The number of hydrogen-bond donors (Lipinski definition) is 2. The zero-order valence-electron chi connectivity index (χ0n) is 9.22. The maximum absolute atomic E-state index is 13.6. The van der Waals surface area contributed by atoms with Gasteiger partial charge in [0.2, 0.25) is 0 Å². The molecule has 0 aliphatic carbocycles. The summed E-state index contributed by atoms with van der Waals surface area (Å²) in [7, 11) is 0. The normalized spacial score (nSPS) is 19.3. The van der Waals surface area contributed by atoms with Gasteiger partial charge >= 0.3 is 0 Å². The molecule has 1 saturated heterocycles. The van der Waals surface area contributed by atoms with Crippen molar-refractivity contribution in [1.29, 1.82) is 0 Å². The second kappa shape index (κ2) is 5.29. The number of piperidine rings is 1. The fourth-order valence-corrected chi connectivity index (χ4v) is 2.47. The highest BCUT2D eigenvalue weighted by atomic mass is 35.5. The van der Waals surface area contributed by atoms with Crippen LogP contribution in [-0.2, 0) is 0 Å². The minimum atomic E-state index is -1.04. The predicted octanol–water partition coefficient (Wildman–Crippen LogP) is 2.65. The molecule has 1 unspecified atom stereocenters. The number of benzene rings is 1. The molecule has 1 aromatic carbocycles. The van der Waals surface area contributed by atoms with Gasteiger partial charge in [0.15, 0.2) is 11.6 Å². The molecule has 1 atom stereocenters. The van der Waals surface area contributed by atoms with Gasteiger partial charge in [0, 0.05) is 10.6 Å². The number of aliphatic hydroxyl groups excluding tert-OH is 1. The summed E-state index contributed by atoms with van der Waals surface area (Å²) >= 11 is 5.83. The Kier molecular flexibility index (Phi) is 3.97. The number of nitrogens with one attached hydrogen (secondary N) is 1. The average Bonchev–Trinajstić information content (AvgIpc) is 2.35. The number of rotatable bonds is 2. The molecule has 17 heavy (non-hydrogen) atoms. The topological polar surface area (TPSA) is 32.3 Å². The van der Waals surface area contributed by atoms with Crippen LogP contribution in [0.1, 0.15) is 24.5 Å². The summed E-state index contributed by atoms with van der Waals surface area (Å²) in [5, 5.41) is 13.3.